The van der Waals surface area contributed by atoms with Gasteiger partial charge in [0, 0.05) is 35.5 Å². The summed E-state index contributed by atoms with van der Waals surface area (Å²) in [6, 6.07) is 15.7. The highest BCUT2D eigenvalue weighted by Gasteiger charge is 2.39. The average Bonchev–Trinajstić information content (AvgIpc) is 2.67. The van der Waals surface area contributed by atoms with E-state index in [2.05, 4.69) is 22.5 Å². The largest absolute Gasteiger partial charge is 0.489 e. The molecule has 2 aliphatic heterocycles. The zero-order valence-electron chi connectivity index (χ0n) is 14.4. The van der Waals surface area contributed by atoms with E-state index in [4.69, 9.17) is 9.47 Å². The molecule has 2 unspecified atom stereocenters. The number of nitrogens with zero attached hydrogens (tertiary/aromatic N) is 1. The number of benzene rings is 2. The number of hydrogen-bond acceptors (Lipinski definition) is 3. The molecule has 2 aromatic rings. The SMILES string of the molecule is C=C1c2cc(Br)ccc2OC2CCN(C(=O)OCc3ccccc3)CC12. The summed E-state index contributed by atoms with van der Waals surface area (Å²) in [6.07, 6.45) is 0.564. The van der Waals surface area contributed by atoms with Gasteiger partial charge in [0.2, 0.25) is 0 Å². The number of carbonyl (C=O) groups is 1. The summed E-state index contributed by atoms with van der Waals surface area (Å²) in [4.78, 5) is 14.2. The van der Waals surface area contributed by atoms with Crippen molar-refractivity contribution in [1.29, 1.82) is 0 Å². The highest BCUT2D eigenvalue weighted by molar-refractivity contribution is 9.10. The molecule has 0 saturated carbocycles. The van der Waals surface area contributed by atoms with Gasteiger partial charge in [-0.15, -0.1) is 0 Å². The van der Waals surface area contributed by atoms with Crippen LogP contribution in [0.5, 0.6) is 5.75 Å². The zero-order valence-corrected chi connectivity index (χ0v) is 15.9. The van der Waals surface area contributed by atoms with Gasteiger partial charge in [0.05, 0.1) is 0 Å². The van der Waals surface area contributed by atoms with Crippen molar-refractivity contribution in [3.05, 3.63) is 70.7 Å². The van der Waals surface area contributed by atoms with Gasteiger partial charge in [0.25, 0.3) is 0 Å². The fourth-order valence-corrected chi connectivity index (χ4v) is 3.96. The molecule has 26 heavy (non-hydrogen) atoms. The van der Waals surface area contributed by atoms with E-state index in [1.54, 1.807) is 4.90 Å². The van der Waals surface area contributed by atoms with Gasteiger partial charge in [0.1, 0.15) is 18.5 Å². The summed E-state index contributed by atoms with van der Waals surface area (Å²) in [5, 5.41) is 0. The first-order chi connectivity index (χ1) is 12.6. The smallest absolute Gasteiger partial charge is 0.410 e. The van der Waals surface area contributed by atoms with Crippen molar-refractivity contribution in [2.45, 2.75) is 19.1 Å². The van der Waals surface area contributed by atoms with E-state index in [9.17, 15) is 4.79 Å². The number of likely N-dealkylation sites (tertiary alicyclic amines) is 1. The van der Waals surface area contributed by atoms with Crippen LogP contribution in [-0.4, -0.2) is 30.2 Å². The van der Waals surface area contributed by atoms with Crippen molar-refractivity contribution in [3.8, 4) is 5.75 Å². The number of amides is 1. The third-order valence-electron chi connectivity index (χ3n) is 5.03. The van der Waals surface area contributed by atoms with E-state index in [0.29, 0.717) is 13.1 Å². The molecule has 4 nitrogen and oxygen atoms in total. The Bertz CT molecular complexity index is 836. The molecule has 0 spiro atoms. The van der Waals surface area contributed by atoms with E-state index in [-0.39, 0.29) is 24.7 Å². The highest BCUT2D eigenvalue weighted by Crippen LogP contribution is 2.42. The van der Waals surface area contributed by atoms with E-state index in [0.717, 1.165) is 33.3 Å². The third kappa shape index (κ3) is 3.36. The lowest BCUT2D eigenvalue weighted by atomic mass is 9.82. The van der Waals surface area contributed by atoms with Crippen LogP contribution in [0.1, 0.15) is 17.5 Å². The first kappa shape index (κ1) is 17.2. The van der Waals surface area contributed by atoms with Crippen molar-refractivity contribution in [2.24, 2.45) is 5.92 Å². The Morgan fingerprint density at radius 1 is 1.27 bits per heavy atom. The first-order valence-corrected chi connectivity index (χ1v) is 9.52. The number of fused-ring (bicyclic) bond motifs is 2. The second kappa shape index (κ2) is 7.16. The third-order valence-corrected chi connectivity index (χ3v) is 5.52. The summed E-state index contributed by atoms with van der Waals surface area (Å²) < 4.78 is 12.6. The van der Waals surface area contributed by atoms with Crippen LogP contribution in [0.3, 0.4) is 0 Å². The molecule has 134 valence electrons. The normalized spacial score (nSPS) is 21.4. The molecule has 1 saturated heterocycles. The Kier molecular flexibility index (Phi) is 4.72. The van der Waals surface area contributed by atoms with Gasteiger partial charge >= 0.3 is 6.09 Å². The van der Waals surface area contributed by atoms with E-state index < -0.39 is 0 Å². The van der Waals surface area contributed by atoms with Crippen molar-refractivity contribution in [2.75, 3.05) is 13.1 Å². The fourth-order valence-electron chi connectivity index (χ4n) is 3.60. The van der Waals surface area contributed by atoms with Gasteiger partial charge in [-0.25, -0.2) is 4.79 Å². The van der Waals surface area contributed by atoms with Gasteiger partial charge in [-0.2, -0.15) is 0 Å². The fraction of sp³-hybridized carbons (Fsp3) is 0.286. The van der Waals surface area contributed by atoms with Crippen LogP contribution in [0.25, 0.3) is 5.57 Å². The molecule has 0 bridgehead atoms. The summed E-state index contributed by atoms with van der Waals surface area (Å²) >= 11 is 3.50. The van der Waals surface area contributed by atoms with Crippen LogP contribution in [0, 0.1) is 5.92 Å². The minimum atomic E-state index is -0.278. The van der Waals surface area contributed by atoms with Gasteiger partial charge < -0.3 is 14.4 Å². The van der Waals surface area contributed by atoms with Crippen LogP contribution in [0.15, 0.2) is 59.6 Å². The Labute approximate surface area is 161 Å². The van der Waals surface area contributed by atoms with Crippen LogP contribution in [-0.2, 0) is 11.3 Å². The van der Waals surface area contributed by atoms with E-state index >= 15 is 0 Å². The molecule has 1 fully saturated rings. The quantitative estimate of drug-likeness (QED) is 0.703. The van der Waals surface area contributed by atoms with Crippen molar-refractivity contribution < 1.29 is 14.3 Å². The first-order valence-electron chi connectivity index (χ1n) is 8.73. The lowest BCUT2D eigenvalue weighted by Gasteiger charge is -2.42. The molecule has 2 aromatic carbocycles. The minimum absolute atomic E-state index is 0.0642. The molecule has 0 aromatic heterocycles. The van der Waals surface area contributed by atoms with Crippen molar-refractivity contribution in [1.82, 2.24) is 4.90 Å². The van der Waals surface area contributed by atoms with Gasteiger partial charge in [-0.1, -0.05) is 52.8 Å². The maximum Gasteiger partial charge on any atom is 0.410 e. The zero-order chi connectivity index (χ0) is 18.1. The molecule has 2 heterocycles. The van der Waals surface area contributed by atoms with Gasteiger partial charge in [-0.3, -0.25) is 0 Å². The summed E-state index contributed by atoms with van der Waals surface area (Å²) in [5.74, 6) is 0.967. The number of piperidine rings is 1. The monoisotopic (exact) mass is 413 g/mol. The maximum absolute atomic E-state index is 12.5. The molecule has 0 radical (unpaired) electrons. The molecule has 0 aliphatic carbocycles. The summed E-state index contributed by atoms with van der Waals surface area (Å²) in [6.45, 7) is 5.78. The number of halogens is 1. The van der Waals surface area contributed by atoms with E-state index in [1.165, 1.54) is 0 Å². The lowest BCUT2D eigenvalue weighted by molar-refractivity contribution is 0.0430. The molecular weight excluding hydrogens is 394 g/mol. The topological polar surface area (TPSA) is 38.8 Å². The standard InChI is InChI=1S/C21H20BrNO3/c1-14-17-11-16(22)7-8-19(17)26-20-9-10-23(12-18(14)20)21(24)25-13-15-5-3-2-4-6-15/h2-8,11,18,20H,1,9-10,12-13H2. The number of hydrogen-bond donors (Lipinski definition) is 0. The molecular formula is C21H20BrNO3. The summed E-state index contributed by atoms with van der Waals surface area (Å²) in [7, 11) is 0. The maximum atomic E-state index is 12.5. The number of rotatable bonds is 2. The number of ether oxygens (including phenoxy) is 2. The van der Waals surface area contributed by atoms with E-state index in [1.807, 2.05) is 48.5 Å². The van der Waals surface area contributed by atoms with Crippen LogP contribution >= 0.6 is 15.9 Å². The second-order valence-electron chi connectivity index (χ2n) is 6.70. The minimum Gasteiger partial charge on any atom is -0.489 e. The lowest BCUT2D eigenvalue weighted by Crippen LogP contribution is -2.49. The Hall–Kier alpha value is -2.27. The van der Waals surface area contributed by atoms with Crippen LogP contribution in [0.2, 0.25) is 0 Å². The highest BCUT2D eigenvalue weighted by atomic mass is 79.9. The summed E-state index contributed by atoms with van der Waals surface area (Å²) in [5.41, 5.74) is 3.03. The molecule has 2 atom stereocenters. The Morgan fingerprint density at radius 2 is 2.08 bits per heavy atom. The molecule has 4 rings (SSSR count). The predicted octanol–water partition coefficient (Wildman–Crippen LogP) is 4.88. The van der Waals surface area contributed by atoms with Crippen molar-refractivity contribution in [3.63, 3.8) is 0 Å². The molecule has 2 aliphatic rings. The van der Waals surface area contributed by atoms with Crippen LogP contribution in [0.4, 0.5) is 4.79 Å². The average molecular weight is 414 g/mol. The van der Waals surface area contributed by atoms with Gasteiger partial charge in [-0.05, 0) is 29.3 Å². The van der Waals surface area contributed by atoms with Gasteiger partial charge in [0.15, 0.2) is 0 Å². The second-order valence-corrected chi connectivity index (χ2v) is 7.62. The Morgan fingerprint density at radius 3 is 2.88 bits per heavy atom. The molecule has 0 N–H and O–H groups in total. The predicted molar refractivity (Wildman–Crippen MR) is 104 cm³/mol. The number of carbonyl (C=O) groups excluding carboxylic acids is 1. The molecule has 5 heteroatoms. The molecule has 1 amide bonds. The Balaban J connectivity index is 1.43. The van der Waals surface area contributed by atoms with Crippen molar-refractivity contribution >= 4 is 27.6 Å². The van der Waals surface area contributed by atoms with Crippen LogP contribution < -0.4 is 4.74 Å².